The summed E-state index contributed by atoms with van der Waals surface area (Å²) < 4.78 is 0. The molecule has 0 aromatic carbocycles. The Bertz CT molecular complexity index is 299. The van der Waals surface area contributed by atoms with Crippen LogP contribution in [0.5, 0.6) is 0 Å². The lowest BCUT2D eigenvalue weighted by atomic mass is 9.65. The summed E-state index contributed by atoms with van der Waals surface area (Å²) in [6.07, 6.45) is 11.6. The fourth-order valence-electron chi connectivity index (χ4n) is 3.55. The molecule has 5 atom stereocenters. The minimum Gasteiger partial charge on any atom is -0.380 e. The monoisotopic (exact) mass is 190 g/mol. The van der Waals surface area contributed by atoms with Gasteiger partial charge in [0.15, 0.2) is 0 Å². The third kappa shape index (κ3) is 1.01. The van der Waals surface area contributed by atoms with Gasteiger partial charge in [-0.05, 0) is 24.2 Å². The Morgan fingerprint density at radius 1 is 1.64 bits per heavy atom. The summed E-state index contributed by atoms with van der Waals surface area (Å²) in [5.74, 6) is 4.22. The first-order valence-corrected chi connectivity index (χ1v) is 5.47. The van der Waals surface area contributed by atoms with E-state index in [0.717, 1.165) is 6.42 Å². The van der Waals surface area contributed by atoms with Crippen molar-refractivity contribution in [3.63, 3.8) is 0 Å². The Morgan fingerprint density at radius 2 is 2.36 bits per heavy atom. The second-order valence-electron chi connectivity index (χ2n) is 4.84. The van der Waals surface area contributed by atoms with Crippen LogP contribution in [0.15, 0.2) is 12.2 Å². The van der Waals surface area contributed by atoms with Crippen molar-refractivity contribution >= 4 is 0 Å². The summed E-state index contributed by atoms with van der Waals surface area (Å²) in [6.45, 7) is 4.35. The van der Waals surface area contributed by atoms with E-state index >= 15 is 0 Å². The van der Waals surface area contributed by atoms with E-state index in [9.17, 15) is 5.11 Å². The van der Waals surface area contributed by atoms with Crippen molar-refractivity contribution in [3.05, 3.63) is 12.2 Å². The van der Waals surface area contributed by atoms with Crippen LogP contribution in [0.4, 0.5) is 0 Å². The zero-order valence-corrected chi connectivity index (χ0v) is 8.90. The zero-order chi connectivity index (χ0) is 10.3. The molecule has 0 aromatic heterocycles. The zero-order valence-electron chi connectivity index (χ0n) is 8.90. The van der Waals surface area contributed by atoms with Crippen molar-refractivity contribution in [1.29, 1.82) is 0 Å². The Labute approximate surface area is 86.2 Å². The Hall–Kier alpha value is -0.740. The van der Waals surface area contributed by atoms with Crippen LogP contribution in [0.3, 0.4) is 0 Å². The quantitative estimate of drug-likeness (QED) is 0.523. The van der Waals surface area contributed by atoms with Crippen molar-refractivity contribution in [2.45, 2.75) is 32.8 Å². The lowest BCUT2D eigenvalue weighted by Gasteiger charge is -2.40. The molecule has 0 aromatic rings. The summed E-state index contributed by atoms with van der Waals surface area (Å²) in [5, 5.41) is 9.97. The van der Waals surface area contributed by atoms with Crippen LogP contribution in [0.2, 0.25) is 0 Å². The van der Waals surface area contributed by atoms with E-state index in [1.807, 2.05) is 0 Å². The molecule has 2 aliphatic rings. The standard InChI is InChI=1S/C13H18O/c1-4-11-9-6-7-10(8-9)13(11,3)12(14)5-2/h2,6-7,9-12,14H,4,8H2,1,3H3/t9-,10+,11-,12?,13-/m1/s1. The van der Waals surface area contributed by atoms with Gasteiger partial charge in [0.2, 0.25) is 0 Å². The van der Waals surface area contributed by atoms with Crippen LogP contribution in [-0.4, -0.2) is 11.2 Å². The maximum absolute atomic E-state index is 9.97. The highest BCUT2D eigenvalue weighted by Gasteiger charge is 2.55. The molecule has 0 heterocycles. The fourth-order valence-corrected chi connectivity index (χ4v) is 3.55. The smallest absolute Gasteiger partial charge is 0.120 e. The van der Waals surface area contributed by atoms with Gasteiger partial charge in [0.05, 0.1) is 0 Å². The number of terminal acetylenes is 1. The van der Waals surface area contributed by atoms with Gasteiger partial charge in [-0.25, -0.2) is 0 Å². The number of fused-ring (bicyclic) bond motifs is 2. The first kappa shape index (κ1) is 9.80. The maximum Gasteiger partial charge on any atom is 0.120 e. The molecule has 0 amide bonds. The summed E-state index contributed by atoms with van der Waals surface area (Å²) in [4.78, 5) is 0. The molecule has 0 saturated heterocycles. The van der Waals surface area contributed by atoms with Crippen molar-refractivity contribution < 1.29 is 5.11 Å². The molecule has 1 N–H and O–H groups in total. The molecule has 1 unspecified atom stereocenters. The number of hydrogen-bond acceptors (Lipinski definition) is 1. The van der Waals surface area contributed by atoms with E-state index in [2.05, 4.69) is 31.9 Å². The minimum atomic E-state index is -0.590. The van der Waals surface area contributed by atoms with Gasteiger partial charge in [0.1, 0.15) is 6.10 Å². The van der Waals surface area contributed by atoms with Gasteiger partial charge in [-0.1, -0.05) is 38.3 Å². The molecule has 76 valence electrons. The predicted octanol–water partition coefficient (Wildman–Crippen LogP) is 2.22. The summed E-state index contributed by atoms with van der Waals surface area (Å²) in [5.41, 5.74) is -0.0804. The molecular weight excluding hydrogens is 172 g/mol. The molecule has 1 fully saturated rings. The van der Waals surface area contributed by atoms with E-state index in [4.69, 9.17) is 6.42 Å². The van der Waals surface area contributed by atoms with E-state index in [0.29, 0.717) is 17.8 Å². The van der Waals surface area contributed by atoms with Gasteiger partial charge in [-0.2, -0.15) is 0 Å². The number of aliphatic hydroxyl groups excluding tert-OH is 1. The van der Waals surface area contributed by atoms with Crippen molar-refractivity contribution in [2.75, 3.05) is 0 Å². The average molecular weight is 190 g/mol. The van der Waals surface area contributed by atoms with E-state index in [1.54, 1.807) is 0 Å². The molecule has 0 radical (unpaired) electrons. The molecule has 0 aliphatic heterocycles. The van der Waals surface area contributed by atoms with Crippen LogP contribution < -0.4 is 0 Å². The summed E-state index contributed by atoms with van der Waals surface area (Å²) >= 11 is 0. The van der Waals surface area contributed by atoms with Crippen LogP contribution in [0.25, 0.3) is 0 Å². The topological polar surface area (TPSA) is 20.2 Å². The van der Waals surface area contributed by atoms with Gasteiger partial charge in [0, 0.05) is 5.41 Å². The van der Waals surface area contributed by atoms with Crippen LogP contribution in [0, 0.1) is 35.5 Å². The fraction of sp³-hybridized carbons (Fsp3) is 0.692. The highest BCUT2D eigenvalue weighted by Crippen LogP contribution is 2.58. The Morgan fingerprint density at radius 3 is 2.93 bits per heavy atom. The lowest BCUT2D eigenvalue weighted by Crippen LogP contribution is -2.41. The Kier molecular flexibility index (Phi) is 2.20. The van der Waals surface area contributed by atoms with Gasteiger partial charge < -0.3 is 5.11 Å². The maximum atomic E-state index is 9.97. The lowest BCUT2D eigenvalue weighted by molar-refractivity contribution is 0.0179. The van der Waals surface area contributed by atoms with Crippen molar-refractivity contribution in [1.82, 2.24) is 0 Å². The normalized spacial score (nSPS) is 46.6. The summed E-state index contributed by atoms with van der Waals surface area (Å²) in [6, 6.07) is 0. The molecule has 1 saturated carbocycles. The number of aliphatic hydroxyl groups is 1. The van der Waals surface area contributed by atoms with Gasteiger partial charge in [-0.15, -0.1) is 6.42 Å². The van der Waals surface area contributed by atoms with Gasteiger partial charge in [0.25, 0.3) is 0 Å². The second-order valence-corrected chi connectivity index (χ2v) is 4.84. The van der Waals surface area contributed by atoms with Crippen molar-refractivity contribution in [3.8, 4) is 12.3 Å². The van der Waals surface area contributed by atoms with Crippen molar-refractivity contribution in [2.24, 2.45) is 23.2 Å². The first-order valence-electron chi connectivity index (χ1n) is 5.47. The third-order valence-electron chi connectivity index (χ3n) is 4.42. The molecule has 1 heteroatoms. The number of hydrogen-bond donors (Lipinski definition) is 1. The van der Waals surface area contributed by atoms with Gasteiger partial charge >= 0.3 is 0 Å². The third-order valence-corrected chi connectivity index (χ3v) is 4.42. The van der Waals surface area contributed by atoms with E-state index in [-0.39, 0.29) is 5.41 Å². The molecule has 1 nitrogen and oxygen atoms in total. The predicted molar refractivity (Wildman–Crippen MR) is 57.5 cm³/mol. The molecule has 2 aliphatic carbocycles. The second kappa shape index (κ2) is 3.14. The molecule has 2 rings (SSSR count). The highest BCUT2D eigenvalue weighted by atomic mass is 16.3. The van der Waals surface area contributed by atoms with Crippen LogP contribution >= 0.6 is 0 Å². The summed E-state index contributed by atoms with van der Waals surface area (Å²) in [7, 11) is 0. The molecule has 14 heavy (non-hydrogen) atoms. The number of rotatable bonds is 2. The molecule has 2 bridgehead atoms. The SMILES string of the molecule is C#CC(O)[C@@]1(C)[C@H](CC)[C@@H]2C=C[C@H]1C2. The Balaban J connectivity index is 2.34. The molecule has 0 spiro atoms. The van der Waals surface area contributed by atoms with Crippen LogP contribution in [0.1, 0.15) is 26.7 Å². The first-order chi connectivity index (χ1) is 6.64. The largest absolute Gasteiger partial charge is 0.380 e. The average Bonchev–Trinajstić information content (AvgIpc) is 2.75. The van der Waals surface area contributed by atoms with E-state index in [1.165, 1.54) is 6.42 Å². The van der Waals surface area contributed by atoms with Crippen LogP contribution in [-0.2, 0) is 0 Å². The minimum absolute atomic E-state index is 0.0804. The number of allylic oxidation sites excluding steroid dienone is 2. The van der Waals surface area contributed by atoms with Gasteiger partial charge in [-0.3, -0.25) is 0 Å². The molecular formula is C13H18O. The highest BCUT2D eigenvalue weighted by molar-refractivity contribution is 5.22. The van der Waals surface area contributed by atoms with E-state index < -0.39 is 6.10 Å².